The first kappa shape index (κ1) is 19.9. The van der Waals surface area contributed by atoms with Crippen LogP contribution in [0.15, 0.2) is 43.6 Å². The van der Waals surface area contributed by atoms with Crippen molar-refractivity contribution >= 4 is 31.2 Å². The molecule has 0 saturated carbocycles. The van der Waals surface area contributed by atoms with Crippen molar-refractivity contribution in [2.45, 2.75) is 33.7 Å². The topological polar surface area (TPSA) is 118 Å². The van der Waals surface area contributed by atoms with Gasteiger partial charge in [-0.1, -0.05) is 13.8 Å². The molecule has 0 unspecified atom stereocenters. The predicted octanol–water partition coefficient (Wildman–Crippen LogP) is 1.78. The Hall–Kier alpha value is -1.46. The third kappa shape index (κ3) is 4.39. The summed E-state index contributed by atoms with van der Waals surface area (Å²) in [6.07, 6.45) is 0. The second-order valence-corrected chi connectivity index (χ2v) is 10.4. The van der Waals surface area contributed by atoms with Crippen LogP contribution in [0.5, 0.6) is 5.75 Å². The zero-order valence-corrected chi connectivity index (χ0v) is 16.3. The van der Waals surface area contributed by atoms with Gasteiger partial charge in [0.15, 0.2) is 0 Å². The number of benzene rings is 1. The summed E-state index contributed by atoms with van der Waals surface area (Å²) >= 11 is 0.601. The van der Waals surface area contributed by atoms with Crippen LogP contribution in [0.1, 0.15) is 19.4 Å². The fourth-order valence-corrected chi connectivity index (χ4v) is 5.90. The molecule has 0 aliphatic carbocycles. The van der Waals surface area contributed by atoms with Crippen molar-refractivity contribution in [3.05, 3.63) is 35.9 Å². The number of phenolic OH excluding ortho intramolecular Hbond substituents is 1. The van der Waals surface area contributed by atoms with Gasteiger partial charge in [-0.05, 0) is 43.4 Å². The van der Waals surface area contributed by atoms with Crippen molar-refractivity contribution < 1.29 is 21.9 Å². The van der Waals surface area contributed by atoms with Crippen LogP contribution in [0, 0.1) is 0 Å². The molecule has 0 aliphatic rings. The monoisotopic (exact) mass is 404 g/mol. The van der Waals surface area contributed by atoms with E-state index < -0.39 is 19.9 Å². The van der Waals surface area contributed by atoms with Gasteiger partial charge in [-0.3, -0.25) is 4.90 Å². The van der Waals surface area contributed by atoms with Gasteiger partial charge in [0.25, 0.3) is 0 Å². The van der Waals surface area contributed by atoms with Gasteiger partial charge in [-0.15, -0.1) is 11.3 Å². The second-order valence-electron chi connectivity index (χ2n) is 5.37. The largest absolute Gasteiger partial charge is 0.508 e. The molecule has 0 aliphatic heterocycles. The highest BCUT2D eigenvalue weighted by molar-refractivity contribution is 7.95. The Morgan fingerprint density at radius 3 is 2.16 bits per heavy atom. The molecule has 1 heterocycles. The number of hydrogen-bond acceptors (Lipinski definition) is 7. The van der Waals surface area contributed by atoms with Gasteiger partial charge in [0.1, 0.15) is 14.2 Å². The molecule has 2 rings (SSSR count). The summed E-state index contributed by atoms with van der Waals surface area (Å²) in [6.45, 7) is 5.88. The molecule has 138 valence electrons. The van der Waals surface area contributed by atoms with Crippen LogP contribution in [-0.2, 0) is 26.4 Å². The first-order valence-corrected chi connectivity index (χ1v) is 11.4. The van der Waals surface area contributed by atoms with E-state index in [0.717, 1.165) is 13.1 Å². The maximum absolute atomic E-state index is 12.7. The molecular formula is C15H20N2O5S3. The number of nitrogens with two attached hydrogens (primary N) is 1. The molecule has 7 nitrogen and oxygen atoms in total. The van der Waals surface area contributed by atoms with Gasteiger partial charge in [-0.2, -0.15) is 0 Å². The third-order valence-corrected chi connectivity index (χ3v) is 8.52. The van der Waals surface area contributed by atoms with E-state index in [-0.39, 0.29) is 19.1 Å². The van der Waals surface area contributed by atoms with Crippen LogP contribution < -0.4 is 5.14 Å². The SMILES string of the molecule is CCN(CC)Cc1cc(S(=O)(=O)c2ccc(S(N)(=O)=O)s2)ccc1O. The maximum Gasteiger partial charge on any atom is 0.247 e. The highest BCUT2D eigenvalue weighted by Crippen LogP contribution is 2.32. The Bertz CT molecular complexity index is 961. The zero-order chi connectivity index (χ0) is 18.8. The van der Waals surface area contributed by atoms with Crippen molar-refractivity contribution in [2.24, 2.45) is 5.14 Å². The number of sulfone groups is 1. The molecule has 0 atom stereocenters. The number of phenols is 1. The first-order chi connectivity index (χ1) is 11.6. The summed E-state index contributed by atoms with van der Waals surface area (Å²) in [5.41, 5.74) is 0.494. The Morgan fingerprint density at radius 1 is 1.04 bits per heavy atom. The van der Waals surface area contributed by atoms with E-state index >= 15 is 0 Å². The lowest BCUT2D eigenvalue weighted by molar-refractivity contribution is 0.290. The molecular weight excluding hydrogens is 384 g/mol. The van der Waals surface area contributed by atoms with Crippen LogP contribution in [0.4, 0.5) is 0 Å². The van der Waals surface area contributed by atoms with Crippen LogP contribution in [0.2, 0.25) is 0 Å². The van der Waals surface area contributed by atoms with Gasteiger partial charge in [0.2, 0.25) is 19.9 Å². The lowest BCUT2D eigenvalue weighted by Crippen LogP contribution is -2.22. The number of hydrogen-bond donors (Lipinski definition) is 2. The van der Waals surface area contributed by atoms with E-state index in [1.165, 1.54) is 30.3 Å². The molecule has 0 amide bonds. The molecule has 3 N–H and O–H groups in total. The van der Waals surface area contributed by atoms with Crippen LogP contribution in [0.25, 0.3) is 0 Å². The molecule has 10 heteroatoms. The minimum atomic E-state index is -3.95. The molecule has 2 aromatic rings. The van der Waals surface area contributed by atoms with Crippen molar-refractivity contribution in [2.75, 3.05) is 13.1 Å². The van der Waals surface area contributed by atoms with Crippen LogP contribution >= 0.6 is 11.3 Å². The summed E-state index contributed by atoms with van der Waals surface area (Å²) in [5.74, 6) is 0.0160. The van der Waals surface area contributed by atoms with E-state index in [1.807, 2.05) is 18.7 Å². The van der Waals surface area contributed by atoms with Gasteiger partial charge in [-0.25, -0.2) is 22.0 Å². The number of aromatic hydroxyl groups is 1. The molecule has 0 spiro atoms. The standard InChI is InChI=1S/C15H20N2O5S3/c1-3-17(4-2)10-11-9-12(5-6-13(11)18)24(19,20)14-7-8-15(23-14)25(16,21)22/h5-9,18H,3-4,10H2,1-2H3,(H2,16,21,22). The summed E-state index contributed by atoms with van der Waals surface area (Å²) < 4.78 is 47.9. The Labute approximate surface area is 151 Å². The van der Waals surface area contributed by atoms with Crippen molar-refractivity contribution in [1.29, 1.82) is 0 Å². The Morgan fingerprint density at radius 2 is 1.64 bits per heavy atom. The van der Waals surface area contributed by atoms with Crippen molar-refractivity contribution in [1.82, 2.24) is 4.90 Å². The van der Waals surface area contributed by atoms with Gasteiger partial charge < -0.3 is 5.11 Å². The number of sulfonamides is 1. The van der Waals surface area contributed by atoms with Crippen LogP contribution in [0.3, 0.4) is 0 Å². The fraction of sp³-hybridized carbons (Fsp3) is 0.333. The van der Waals surface area contributed by atoms with Gasteiger partial charge >= 0.3 is 0 Å². The fourth-order valence-electron chi connectivity index (χ4n) is 2.26. The summed E-state index contributed by atoms with van der Waals surface area (Å²) in [5, 5.41) is 15.0. The highest BCUT2D eigenvalue weighted by atomic mass is 32.3. The van der Waals surface area contributed by atoms with Crippen molar-refractivity contribution in [3.8, 4) is 5.75 Å². The van der Waals surface area contributed by atoms with Gasteiger partial charge in [0, 0.05) is 12.1 Å². The smallest absolute Gasteiger partial charge is 0.247 e. The van der Waals surface area contributed by atoms with Crippen LogP contribution in [-0.4, -0.2) is 39.9 Å². The average Bonchev–Trinajstić information content (AvgIpc) is 3.05. The van der Waals surface area contributed by atoms with Gasteiger partial charge in [0.05, 0.1) is 4.90 Å². The van der Waals surface area contributed by atoms with E-state index in [4.69, 9.17) is 5.14 Å². The molecule has 0 fully saturated rings. The normalized spacial score (nSPS) is 12.6. The summed E-state index contributed by atoms with van der Waals surface area (Å²) in [4.78, 5) is 2.03. The molecule has 25 heavy (non-hydrogen) atoms. The van der Waals surface area contributed by atoms with E-state index in [2.05, 4.69) is 0 Å². The minimum Gasteiger partial charge on any atom is -0.508 e. The number of thiophene rings is 1. The Kier molecular flexibility index (Phi) is 5.89. The first-order valence-electron chi connectivity index (χ1n) is 7.51. The third-order valence-electron chi connectivity index (χ3n) is 3.75. The zero-order valence-electron chi connectivity index (χ0n) is 13.8. The summed E-state index contributed by atoms with van der Waals surface area (Å²) in [6, 6.07) is 6.44. The van der Waals surface area contributed by atoms with Crippen molar-refractivity contribution in [3.63, 3.8) is 0 Å². The van der Waals surface area contributed by atoms with E-state index in [0.29, 0.717) is 23.4 Å². The number of nitrogens with zero attached hydrogens (tertiary/aromatic N) is 1. The Balaban J connectivity index is 2.45. The quantitative estimate of drug-likeness (QED) is 0.726. The molecule has 1 aromatic carbocycles. The number of primary sulfonamides is 1. The lowest BCUT2D eigenvalue weighted by atomic mass is 10.2. The highest BCUT2D eigenvalue weighted by Gasteiger charge is 2.24. The molecule has 0 bridgehead atoms. The molecule has 0 saturated heterocycles. The molecule has 1 aromatic heterocycles. The van der Waals surface area contributed by atoms with E-state index in [1.54, 1.807) is 0 Å². The second kappa shape index (κ2) is 7.42. The predicted molar refractivity (Wildman–Crippen MR) is 95.9 cm³/mol. The maximum atomic E-state index is 12.7. The molecule has 0 radical (unpaired) electrons. The number of rotatable bonds is 7. The lowest BCUT2D eigenvalue weighted by Gasteiger charge is -2.19. The van der Waals surface area contributed by atoms with E-state index in [9.17, 15) is 21.9 Å². The summed E-state index contributed by atoms with van der Waals surface area (Å²) in [7, 11) is -7.85. The average molecular weight is 405 g/mol. The minimum absolute atomic E-state index is 0.00437.